The van der Waals surface area contributed by atoms with Crippen LogP contribution in [0.4, 0.5) is 0 Å². The van der Waals surface area contributed by atoms with Gasteiger partial charge in [0.25, 0.3) is 0 Å². The summed E-state index contributed by atoms with van der Waals surface area (Å²) in [6.45, 7) is 10.3. The number of rotatable bonds is 2. The Balaban J connectivity index is 2.30. The Morgan fingerprint density at radius 3 is 2.56 bits per heavy atom. The molecule has 1 aliphatic rings. The van der Waals surface area contributed by atoms with Crippen molar-refractivity contribution in [1.82, 2.24) is 4.98 Å². The Morgan fingerprint density at radius 1 is 1.39 bits per heavy atom. The van der Waals surface area contributed by atoms with Crippen molar-refractivity contribution in [2.24, 2.45) is 5.92 Å². The number of pyridine rings is 1. The van der Waals surface area contributed by atoms with Gasteiger partial charge in [0, 0.05) is 23.9 Å². The maximum Gasteiger partial charge on any atom is 0.0864 e. The number of aromatic nitrogens is 1. The zero-order valence-corrected chi connectivity index (χ0v) is 11.9. The fraction of sp³-hybridized carbons (Fsp3) is 0.667. The second-order valence-electron chi connectivity index (χ2n) is 6.45. The highest BCUT2D eigenvalue weighted by atomic mass is 16.5. The standard InChI is InChI=1S/C15H23NO2/c1-10-6-7-16-9-11(10)13(17)12-8-14(2,3)18-15(12,4)5/h6-7,9,12-13,17H,8H2,1-5H3. The third kappa shape index (κ3) is 2.43. The molecule has 0 spiro atoms. The summed E-state index contributed by atoms with van der Waals surface area (Å²) in [5.41, 5.74) is 1.51. The van der Waals surface area contributed by atoms with Gasteiger partial charge in [0.2, 0.25) is 0 Å². The minimum Gasteiger partial charge on any atom is -0.388 e. The van der Waals surface area contributed by atoms with Crippen molar-refractivity contribution in [2.75, 3.05) is 0 Å². The van der Waals surface area contributed by atoms with E-state index < -0.39 is 6.10 Å². The Labute approximate surface area is 109 Å². The molecule has 1 saturated heterocycles. The number of aryl methyl sites for hydroxylation is 1. The van der Waals surface area contributed by atoms with Crippen LogP contribution in [0, 0.1) is 12.8 Å². The first-order valence-electron chi connectivity index (χ1n) is 6.52. The smallest absolute Gasteiger partial charge is 0.0864 e. The average Bonchev–Trinajstić information content (AvgIpc) is 2.46. The summed E-state index contributed by atoms with van der Waals surface area (Å²) in [4.78, 5) is 4.12. The Bertz CT molecular complexity index is 440. The minimum absolute atomic E-state index is 0.0930. The monoisotopic (exact) mass is 249 g/mol. The average molecular weight is 249 g/mol. The molecule has 3 heteroatoms. The molecule has 0 aromatic carbocycles. The molecule has 1 aliphatic heterocycles. The van der Waals surface area contributed by atoms with Gasteiger partial charge < -0.3 is 9.84 Å². The predicted molar refractivity (Wildman–Crippen MR) is 71.3 cm³/mol. The topological polar surface area (TPSA) is 42.4 Å². The van der Waals surface area contributed by atoms with Crippen molar-refractivity contribution < 1.29 is 9.84 Å². The lowest BCUT2D eigenvalue weighted by Gasteiger charge is -2.30. The van der Waals surface area contributed by atoms with E-state index in [1.807, 2.05) is 13.0 Å². The van der Waals surface area contributed by atoms with Crippen molar-refractivity contribution in [2.45, 2.75) is 58.3 Å². The summed E-state index contributed by atoms with van der Waals surface area (Å²) in [7, 11) is 0. The maximum absolute atomic E-state index is 10.6. The molecule has 2 atom stereocenters. The highest BCUT2D eigenvalue weighted by Crippen LogP contribution is 2.47. The molecular formula is C15H23NO2. The molecule has 1 N–H and O–H groups in total. The van der Waals surface area contributed by atoms with Gasteiger partial charge in [-0.3, -0.25) is 4.98 Å². The first-order chi connectivity index (χ1) is 8.23. The molecule has 18 heavy (non-hydrogen) atoms. The van der Waals surface area contributed by atoms with Gasteiger partial charge in [-0.15, -0.1) is 0 Å². The van der Waals surface area contributed by atoms with E-state index in [9.17, 15) is 5.11 Å². The summed E-state index contributed by atoms with van der Waals surface area (Å²) >= 11 is 0. The zero-order valence-electron chi connectivity index (χ0n) is 11.9. The van der Waals surface area contributed by atoms with E-state index in [0.29, 0.717) is 0 Å². The molecule has 1 aromatic rings. The maximum atomic E-state index is 10.6. The normalized spacial score (nSPS) is 27.1. The van der Waals surface area contributed by atoms with Crippen molar-refractivity contribution >= 4 is 0 Å². The summed E-state index contributed by atoms with van der Waals surface area (Å²) < 4.78 is 6.05. The van der Waals surface area contributed by atoms with Crippen LogP contribution in [0.5, 0.6) is 0 Å². The first-order valence-corrected chi connectivity index (χ1v) is 6.52. The largest absolute Gasteiger partial charge is 0.388 e. The number of nitrogens with zero attached hydrogens (tertiary/aromatic N) is 1. The van der Waals surface area contributed by atoms with Crippen LogP contribution in [0.1, 0.15) is 51.3 Å². The number of hydrogen-bond acceptors (Lipinski definition) is 3. The third-order valence-electron chi connectivity index (χ3n) is 3.92. The van der Waals surface area contributed by atoms with Gasteiger partial charge in [-0.25, -0.2) is 0 Å². The minimum atomic E-state index is -0.518. The highest BCUT2D eigenvalue weighted by molar-refractivity contribution is 5.25. The zero-order chi connectivity index (χ0) is 13.6. The predicted octanol–water partition coefficient (Wildman–Crippen LogP) is 3.02. The van der Waals surface area contributed by atoms with Crippen molar-refractivity contribution in [1.29, 1.82) is 0 Å². The molecule has 3 nitrogen and oxygen atoms in total. The van der Waals surface area contributed by atoms with Gasteiger partial charge in [0.1, 0.15) is 0 Å². The summed E-state index contributed by atoms with van der Waals surface area (Å²) in [5.74, 6) is 0.0930. The molecule has 2 heterocycles. The molecule has 2 rings (SSSR count). The van der Waals surface area contributed by atoms with Crippen LogP contribution in [0.15, 0.2) is 18.5 Å². The summed E-state index contributed by atoms with van der Waals surface area (Å²) in [5, 5.41) is 10.6. The second-order valence-corrected chi connectivity index (χ2v) is 6.45. The Kier molecular flexibility index (Phi) is 3.24. The fourth-order valence-electron chi connectivity index (χ4n) is 3.10. The van der Waals surface area contributed by atoms with E-state index in [0.717, 1.165) is 17.5 Å². The quantitative estimate of drug-likeness (QED) is 0.876. The van der Waals surface area contributed by atoms with E-state index in [2.05, 4.69) is 32.7 Å². The van der Waals surface area contributed by atoms with E-state index in [1.54, 1.807) is 12.4 Å². The number of hydrogen-bond donors (Lipinski definition) is 1. The van der Waals surface area contributed by atoms with Crippen LogP contribution < -0.4 is 0 Å². The van der Waals surface area contributed by atoms with Crippen LogP contribution >= 0.6 is 0 Å². The Hall–Kier alpha value is -0.930. The molecule has 0 radical (unpaired) electrons. The number of ether oxygens (including phenoxy) is 1. The summed E-state index contributed by atoms with van der Waals surface area (Å²) in [6.07, 6.45) is 3.86. The molecule has 0 aliphatic carbocycles. The molecule has 0 bridgehead atoms. The molecule has 2 unspecified atom stereocenters. The van der Waals surface area contributed by atoms with Crippen LogP contribution in [-0.4, -0.2) is 21.3 Å². The van der Waals surface area contributed by atoms with E-state index >= 15 is 0 Å². The number of aliphatic hydroxyl groups excluding tert-OH is 1. The molecule has 0 amide bonds. The first kappa shape index (κ1) is 13.5. The third-order valence-corrected chi connectivity index (χ3v) is 3.92. The van der Waals surface area contributed by atoms with Gasteiger partial charge in [-0.05, 0) is 52.7 Å². The lowest BCUT2D eigenvalue weighted by Crippen LogP contribution is -2.32. The van der Waals surface area contributed by atoms with Gasteiger partial charge >= 0.3 is 0 Å². The SMILES string of the molecule is Cc1ccncc1C(O)C1CC(C)(C)OC1(C)C. The molecule has 1 aromatic heterocycles. The fourth-order valence-corrected chi connectivity index (χ4v) is 3.10. The van der Waals surface area contributed by atoms with Gasteiger partial charge in [0.05, 0.1) is 17.3 Å². The lowest BCUT2D eigenvalue weighted by molar-refractivity contribution is -0.0881. The molecule has 100 valence electrons. The van der Waals surface area contributed by atoms with E-state index in [1.165, 1.54) is 0 Å². The summed E-state index contributed by atoms with van der Waals surface area (Å²) in [6, 6.07) is 1.94. The van der Waals surface area contributed by atoms with E-state index in [4.69, 9.17) is 4.74 Å². The molecule has 0 saturated carbocycles. The van der Waals surface area contributed by atoms with Crippen molar-refractivity contribution in [3.05, 3.63) is 29.6 Å². The lowest BCUT2D eigenvalue weighted by atomic mass is 9.80. The molecular weight excluding hydrogens is 226 g/mol. The van der Waals surface area contributed by atoms with Crippen LogP contribution in [-0.2, 0) is 4.74 Å². The van der Waals surface area contributed by atoms with Crippen LogP contribution in [0.25, 0.3) is 0 Å². The highest BCUT2D eigenvalue weighted by Gasteiger charge is 2.49. The van der Waals surface area contributed by atoms with Gasteiger partial charge in [-0.2, -0.15) is 0 Å². The second kappa shape index (κ2) is 4.32. The van der Waals surface area contributed by atoms with Crippen molar-refractivity contribution in [3.8, 4) is 0 Å². The Morgan fingerprint density at radius 2 is 2.06 bits per heavy atom. The van der Waals surface area contributed by atoms with Crippen LogP contribution in [0.3, 0.4) is 0 Å². The van der Waals surface area contributed by atoms with Gasteiger partial charge in [0.15, 0.2) is 0 Å². The van der Waals surface area contributed by atoms with Crippen molar-refractivity contribution in [3.63, 3.8) is 0 Å². The van der Waals surface area contributed by atoms with Gasteiger partial charge in [-0.1, -0.05) is 0 Å². The number of aliphatic hydroxyl groups is 1. The van der Waals surface area contributed by atoms with Crippen LogP contribution in [0.2, 0.25) is 0 Å². The molecule has 1 fully saturated rings. The van der Waals surface area contributed by atoms with E-state index in [-0.39, 0.29) is 17.1 Å².